The number of halogens is 1. The van der Waals surface area contributed by atoms with Gasteiger partial charge in [-0.05, 0) is 67.6 Å². The first-order valence-electron chi connectivity index (χ1n) is 13.5. The van der Waals surface area contributed by atoms with Crippen molar-refractivity contribution < 1.29 is 44.5 Å². The molecule has 1 unspecified atom stereocenters. The normalized spacial score (nSPS) is 26.4. The van der Waals surface area contributed by atoms with Crippen molar-refractivity contribution in [1.29, 1.82) is 0 Å². The molecular weight excluding hydrogens is 554 g/mol. The minimum Gasteiger partial charge on any atom is -0.488 e. The molecule has 7 atom stereocenters. The van der Waals surface area contributed by atoms with Gasteiger partial charge in [0.15, 0.2) is 0 Å². The van der Waals surface area contributed by atoms with Crippen molar-refractivity contribution in [2.24, 2.45) is 0 Å². The predicted molar refractivity (Wildman–Crippen MR) is 152 cm³/mol. The highest BCUT2D eigenvalue weighted by atomic mass is 35.5. The van der Waals surface area contributed by atoms with Crippen LogP contribution in [0.1, 0.15) is 42.6 Å². The second-order valence-corrected chi connectivity index (χ2v) is 10.5. The molecule has 0 amide bonds. The average molecular weight is 592 g/mol. The lowest BCUT2D eigenvalue weighted by Gasteiger charge is -2.40. The fourth-order valence-corrected chi connectivity index (χ4v) is 4.82. The van der Waals surface area contributed by atoms with Crippen LogP contribution >= 0.6 is 11.6 Å². The van der Waals surface area contributed by atoms with Gasteiger partial charge in [0.25, 0.3) is 0 Å². The average Bonchev–Trinajstić information content (AvgIpc) is 3.51. The van der Waals surface area contributed by atoms with E-state index in [4.69, 9.17) is 37.3 Å². The van der Waals surface area contributed by atoms with Crippen molar-refractivity contribution in [3.05, 3.63) is 64.2 Å². The molecule has 224 valence electrons. The summed E-state index contributed by atoms with van der Waals surface area (Å²) in [6, 6.07) is 12.5. The maximum Gasteiger partial charge on any atom is 0.320 e. The number of hydrogen-bond acceptors (Lipinski definition) is 9. The zero-order chi connectivity index (χ0) is 29.9. The van der Waals surface area contributed by atoms with Crippen LogP contribution in [-0.4, -0.2) is 94.4 Å². The van der Waals surface area contributed by atoms with Crippen molar-refractivity contribution in [1.82, 2.24) is 5.32 Å². The number of aliphatic carboxylic acids is 1. The first kappa shape index (κ1) is 32.8. The van der Waals surface area contributed by atoms with Gasteiger partial charge >= 0.3 is 5.97 Å². The van der Waals surface area contributed by atoms with E-state index in [-0.39, 0.29) is 18.8 Å². The van der Waals surface area contributed by atoms with Crippen molar-refractivity contribution in [3.63, 3.8) is 0 Å². The Labute approximate surface area is 244 Å². The van der Waals surface area contributed by atoms with Gasteiger partial charge in [-0.25, -0.2) is 0 Å². The summed E-state index contributed by atoms with van der Waals surface area (Å²) < 4.78 is 16.8. The van der Waals surface area contributed by atoms with Gasteiger partial charge in [-0.3, -0.25) is 4.79 Å². The van der Waals surface area contributed by atoms with Gasteiger partial charge in [-0.1, -0.05) is 41.8 Å². The Kier molecular flexibility index (Phi) is 12.8. The lowest BCUT2D eigenvalue weighted by atomic mass is 9.90. The minimum absolute atomic E-state index is 0.145. The monoisotopic (exact) mass is 591 g/mol. The van der Waals surface area contributed by atoms with Crippen molar-refractivity contribution in [2.75, 3.05) is 26.4 Å². The Hall–Kier alpha value is -2.72. The molecule has 0 aromatic heterocycles. The molecule has 0 saturated carbocycles. The zero-order valence-corrected chi connectivity index (χ0v) is 23.6. The van der Waals surface area contributed by atoms with Crippen molar-refractivity contribution in [2.45, 2.75) is 68.9 Å². The standard InChI is InChI=1S/C25H29ClO7.C5H9NO2/c1-3-10-31-14-15(2)32-19-7-4-16(5-8-19)11-18-12-17(6-9-20(18)26)25-24(30)23(29)22(28)21(13-27)33-25;7-5(8)4-2-1-3-6-4/h1,4-9,12,15,21-25,27-30H,10-11,13-14H2,2H3;4,6H,1-3H2,(H,7,8)/t15?,21-,22-,23+,24-,25+;4-/m10/s1. The van der Waals surface area contributed by atoms with E-state index in [0.29, 0.717) is 29.4 Å². The van der Waals surface area contributed by atoms with E-state index in [1.54, 1.807) is 18.2 Å². The lowest BCUT2D eigenvalue weighted by molar-refractivity contribution is -0.231. The Morgan fingerprint density at radius 1 is 1.17 bits per heavy atom. The summed E-state index contributed by atoms with van der Waals surface area (Å²) in [4.78, 5) is 10.1. The molecule has 0 aliphatic carbocycles. The van der Waals surface area contributed by atoms with Gasteiger partial charge in [-0.2, -0.15) is 0 Å². The number of benzene rings is 2. The van der Waals surface area contributed by atoms with Crippen molar-refractivity contribution >= 4 is 17.6 Å². The van der Waals surface area contributed by atoms with Crippen LogP contribution in [-0.2, 0) is 20.7 Å². The number of carboxylic acid groups (broad SMARTS) is 1. The lowest BCUT2D eigenvalue weighted by Crippen LogP contribution is -2.55. The van der Waals surface area contributed by atoms with Gasteiger partial charge in [0.05, 0.1) is 13.2 Å². The second-order valence-electron chi connectivity index (χ2n) is 10.1. The fraction of sp³-hybridized carbons (Fsp3) is 0.500. The molecule has 0 bridgehead atoms. The summed E-state index contributed by atoms with van der Waals surface area (Å²) in [5.41, 5.74) is 2.38. The van der Waals surface area contributed by atoms with Crippen LogP contribution in [0, 0.1) is 12.3 Å². The molecule has 2 saturated heterocycles. The first-order chi connectivity index (χ1) is 19.6. The van der Waals surface area contributed by atoms with Gasteiger partial charge < -0.3 is 45.1 Å². The molecule has 2 aliphatic heterocycles. The van der Waals surface area contributed by atoms with Crippen LogP contribution < -0.4 is 10.1 Å². The van der Waals surface area contributed by atoms with E-state index in [0.717, 1.165) is 30.5 Å². The summed E-state index contributed by atoms with van der Waals surface area (Å²) in [6.07, 6.45) is 1.25. The number of nitrogens with one attached hydrogen (secondary N) is 1. The summed E-state index contributed by atoms with van der Waals surface area (Å²) in [5, 5.41) is 51.7. The molecule has 2 fully saturated rings. The van der Waals surface area contributed by atoms with Gasteiger partial charge in [0, 0.05) is 5.02 Å². The van der Waals surface area contributed by atoms with E-state index in [2.05, 4.69) is 11.2 Å². The number of terminal acetylenes is 1. The van der Waals surface area contributed by atoms with Crippen LogP contribution in [0.2, 0.25) is 5.02 Å². The number of carbonyl (C=O) groups is 1. The summed E-state index contributed by atoms with van der Waals surface area (Å²) in [5.74, 6) is 2.40. The molecule has 10 nitrogen and oxygen atoms in total. The SMILES string of the molecule is C#CCOCC(C)Oc1ccc(Cc2cc([C@@H]3O[C@H](CO)[C@@H](O)[C@H](O)[C@H]3O)ccc2Cl)cc1.O=C(O)[C@@H]1CCCN1. The van der Waals surface area contributed by atoms with Crippen LogP contribution in [0.5, 0.6) is 5.75 Å². The topological polar surface area (TPSA) is 158 Å². The maximum atomic E-state index is 10.4. The predicted octanol–water partition coefficient (Wildman–Crippen LogP) is 1.69. The third-order valence-corrected chi connectivity index (χ3v) is 7.21. The number of rotatable bonds is 10. The van der Waals surface area contributed by atoms with E-state index in [1.807, 2.05) is 31.2 Å². The molecule has 41 heavy (non-hydrogen) atoms. The molecular formula is C30H38ClNO9. The maximum absolute atomic E-state index is 10.4. The van der Waals surface area contributed by atoms with Crippen LogP contribution in [0.3, 0.4) is 0 Å². The third-order valence-electron chi connectivity index (χ3n) is 6.84. The molecule has 2 aromatic rings. The number of aliphatic hydroxyl groups excluding tert-OH is 4. The number of carboxylic acids is 1. The highest BCUT2D eigenvalue weighted by molar-refractivity contribution is 6.31. The van der Waals surface area contributed by atoms with Gasteiger partial charge in [-0.15, -0.1) is 6.42 Å². The van der Waals surface area contributed by atoms with Crippen molar-refractivity contribution in [3.8, 4) is 18.1 Å². The highest BCUT2D eigenvalue weighted by Crippen LogP contribution is 2.34. The van der Waals surface area contributed by atoms with E-state index in [1.165, 1.54) is 0 Å². The Morgan fingerprint density at radius 3 is 2.49 bits per heavy atom. The van der Waals surface area contributed by atoms with Crippen LogP contribution in [0.4, 0.5) is 0 Å². The molecule has 6 N–H and O–H groups in total. The third kappa shape index (κ3) is 9.39. The molecule has 2 aliphatic rings. The van der Waals surface area contributed by atoms with E-state index >= 15 is 0 Å². The largest absolute Gasteiger partial charge is 0.488 e. The minimum atomic E-state index is -1.44. The molecule has 0 spiro atoms. The summed E-state index contributed by atoms with van der Waals surface area (Å²) in [6.45, 7) is 2.92. The second kappa shape index (κ2) is 16.1. The summed E-state index contributed by atoms with van der Waals surface area (Å²) in [7, 11) is 0. The first-order valence-corrected chi connectivity index (χ1v) is 13.8. The quantitative estimate of drug-likeness (QED) is 0.177. The molecule has 2 heterocycles. The number of ether oxygens (including phenoxy) is 3. The highest BCUT2D eigenvalue weighted by Gasteiger charge is 2.44. The zero-order valence-electron chi connectivity index (χ0n) is 22.9. The van der Waals surface area contributed by atoms with E-state index < -0.39 is 43.1 Å². The van der Waals surface area contributed by atoms with E-state index in [9.17, 15) is 25.2 Å². The molecule has 4 rings (SSSR count). The van der Waals surface area contributed by atoms with Crippen LogP contribution in [0.25, 0.3) is 0 Å². The fourth-order valence-electron chi connectivity index (χ4n) is 4.64. The molecule has 11 heteroatoms. The molecule has 2 aromatic carbocycles. The van der Waals surface area contributed by atoms with Gasteiger partial charge in [0.1, 0.15) is 55.0 Å². The Bertz CT molecular complexity index is 1150. The smallest absolute Gasteiger partial charge is 0.320 e. The number of hydrogen-bond donors (Lipinski definition) is 6. The summed E-state index contributed by atoms with van der Waals surface area (Å²) >= 11 is 6.40. The molecule has 0 radical (unpaired) electrons. The Balaban J connectivity index is 0.000000496. The number of aliphatic hydroxyl groups is 4. The van der Waals surface area contributed by atoms with Crippen LogP contribution in [0.15, 0.2) is 42.5 Å². The van der Waals surface area contributed by atoms with Gasteiger partial charge in [0.2, 0.25) is 0 Å². The Morgan fingerprint density at radius 2 is 1.90 bits per heavy atom.